The molecule has 0 bridgehead atoms. The van der Waals surface area contributed by atoms with Crippen LogP contribution in [0.15, 0.2) is 30.3 Å². The van der Waals surface area contributed by atoms with Crippen molar-refractivity contribution in [2.45, 2.75) is 45.3 Å². The molecule has 2 atom stereocenters. The molecule has 0 aromatic heterocycles. The Hall–Kier alpha value is -1.32. The van der Waals surface area contributed by atoms with Crippen molar-refractivity contribution in [1.82, 2.24) is 5.32 Å². The molecule has 2 rings (SSSR count). The van der Waals surface area contributed by atoms with Gasteiger partial charge in [0.05, 0.1) is 12.2 Å². The van der Waals surface area contributed by atoms with E-state index in [-0.39, 0.29) is 6.10 Å². The minimum Gasteiger partial charge on any atom is -0.490 e. The van der Waals surface area contributed by atoms with Gasteiger partial charge in [-0.15, -0.1) is 0 Å². The van der Waals surface area contributed by atoms with E-state index in [1.54, 1.807) is 0 Å². The van der Waals surface area contributed by atoms with Crippen molar-refractivity contribution in [3.8, 4) is 5.75 Å². The molecule has 1 aromatic carbocycles. The van der Waals surface area contributed by atoms with Crippen LogP contribution < -0.4 is 10.1 Å². The third-order valence-corrected chi connectivity index (χ3v) is 3.68. The lowest BCUT2D eigenvalue weighted by Gasteiger charge is -2.16. The van der Waals surface area contributed by atoms with E-state index in [4.69, 9.17) is 9.47 Å². The molecule has 3 nitrogen and oxygen atoms in total. The fraction of sp³-hybridized carbons (Fsp3) is 0.556. The molecule has 0 radical (unpaired) electrons. The van der Waals surface area contributed by atoms with Crippen molar-refractivity contribution < 1.29 is 9.47 Å². The molecule has 21 heavy (non-hydrogen) atoms. The highest BCUT2D eigenvalue weighted by Crippen LogP contribution is 2.23. The van der Waals surface area contributed by atoms with E-state index in [1.165, 1.54) is 6.42 Å². The number of hydrogen-bond donors (Lipinski definition) is 1. The largest absolute Gasteiger partial charge is 0.490 e. The van der Waals surface area contributed by atoms with E-state index >= 15 is 0 Å². The highest BCUT2D eigenvalue weighted by Gasteiger charge is 2.25. The summed E-state index contributed by atoms with van der Waals surface area (Å²) in [6.45, 7) is 6.86. The number of para-hydroxylation sites is 1. The summed E-state index contributed by atoms with van der Waals surface area (Å²) in [5, 5.41) is 3.42. The Balaban J connectivity index is 1.77. The van der Waals surface area contributed by atoms with E-state index in [1.807, 2.05) is 31.2 Å². The normalized spacial score (nSPS) is 22.0. The van der Waals surface area contributed by atoms with E-state index in [2.05, 4.69) is 24.4 Å². The van der Waals surface area contributed by atoms with Gasteiger partial charge in [-0.1, -0.05) is 37.3 Å². The summed E-state index contributed by atoms with van der Waals surface area (Å²) in [6, 6.07) is 8.13. The lowest BCUT2D eigenvalue weighted by Crippen LogP contribution is -2.28. The third-order valence-electron chi connectivity index (χ3n) is 3.68. The van der Waals surface area contributed by atoms with Gasteiger partial charge in [0.2, 0.25) is 0 Å². The van der Waals surface area contributed by atoms with Crippen LogP contribution >= 0.6 is 0 Å². The summed E-state index contributed by atoms with van der Waals surface area (Å²) in [5.74, 6) is 0.937. The van der Waals surface area contributed by atoms with Gasteiger partial charge in [0.15, 0.2) is 0 Å². The molecule has 0 aliphatic carbocycles. The number of rotatable bonds is 8. The molecular weight excluding hydrogens is 262 g/mol. The molecule has 1 aliphatic rings. The van der Waals surface area contributed by atoms with Crippen molar-refractivity contribution >= 4 is 6.08 Å². The molecule has 3 heteroatoms. The zero-order valence-electron chi connectivity index (χ0n) is 13.2. The predicted molar refractivity (Wildman–Crippen MR) is 87.7 cm³/mol. The molecule has 1 aromatic rings. The van der Waals surface area contributed by atoms with Crippen molar-refractivity contribution in [2.24, 2.45) is 0 Å². The van der Waals surface area contributed by atoms with Crippen LogP contribution in [0.2, 0.25) is 0 Å². The molecule has 1 aliphatic heterocycles. The zero-order valence-corrected chi connectivity index (χ0v) is 13.2. The Labute approximate surface area is 128 Å². The maximum atomic E-state index is 6.02. The molecule has 0 amide bonds. The van der Waals surface area contributed by atoms with Crippen molar-refractivity contribution in [2.75, 3.05) is 19.7 Å². The van der Waals surface area contributed by atoms with Crippen LogP contribution in [0.1, 0.15) is 38.7 Å². The Morgan fingerprint density at radius 3 is 2.90 bits per heavy atom. The zero-order chi connectivity index (χ0) is 14.9. The number of allylic oxidation sites excluding steroid dienone is 1. The quantitative estimate of drug-likeness (QED) is 0.741. The first-order valence-electron chi connectivity index (χ1n) is 8.04. The van der Waals surface area contributed by atoms with Crippen molar-refractivity contribution in [3.05, 3.63) is 35.9 Å². The second-order valence-electron chi connectivity index (χ2n) is 5.51. The number of benzene rings is 1. The molecule has 1 saturated heterocycles. The minimum atomic E-state index is 0.220. The highest BCUT2D eigenvalue weighted by molar-refractivity contribution is 5.56. The minimum absolute atomic E-state index is 0.220. The predicted octanol–water partition coefficient (Wildman–Crippen LogP) is 3.65. The summed E-state index contributed by atoms with van der Waals surface area (Å²) in [4.78, 5) is 0. The van der Waals surface area contributed by atoms with Crippen LogP contribution in [-0.2, 0) is 4.74 Å². The molecule has 1 fully saturated rings. The van der Waals surface area contributed by atoms with Crippen LogP contribution in [0.3, 0.4) is 0 Å². The summed E-state index contributed by atoms with van der Waals surface area (Å²) in [7, 11) is 0. The average molecular weight is 289 g/mol. The van der Waals surface area contributed by atoms with E-state index in [0.29, 0.717) is 12.7 Å². The van der Waals surface area contributed by atoms with Crippen LogP contribution in [0.4, 0.5) is 0 Å². The van der Waals surface area contributed by atoms with Crippen molar-refractivity contribution in [3.63, 3.8) is 0 Å². The lowest BCUT2D eigenvalue weighted by molar-refractivity contribution is 0.0186. The van der Waals surface area contributed by atoms with Gasteiger partial charge in [-0.3, -0.25) is 0 Å². The smallest absolute Gasteiger partial charge is 0.126 e. The van der Waals surface area contributed by atoms with Crippen LogP contribution in [-0.4, -0.2) is 31.9 Å². The van der Waals surface area contributed by atoms with Gasteiger partial charge in [-0.25, -0.2) is 0 Å². The van der Waals surface area contributed by atoms with E-state index in [9.17, 15) is 0 Å². The first-order chi connectivity index (χ1) is 10.3. The van der Waals surface area contributed by atoms with Gasteiger partial charge in [0.1, 0.15) is 12.4 Å². The number of ether oxygens (including phenoxy) is 2. The summed E-state index contributed by atoms with van der Waals surface area (Å²) < 4.78 is 12.0. The SMILES string of the molecule is CC=Cc1ccccc1OCC1CCC(CNCCC)O1. The molecule has 116 valence electrons. The first-order valence-corrected chi connectivity index (χ1v) is 8.04. The summed E-state index contributed by atoms with van der Waals surface area (Å²) in [5.41, 5.74) is 1.12. The topological polar surface area (TPSA) is 30.5 Å². The maximum absolute atomic E-state index is 6.02. The molecular formula is C18H27NO2. The summed E-state index contributed by atoms with van der Waals surface area (Å²) in [6.07, 6.45) is 8.05. The molecule has 0 saturated carbocycles. The standard InChI is InChI=1S/C18H27NO2/c1-3-7-15-8-5-6-9-18(15)20-14-17-11-10-16(21-17)13-19-12-4-2/h3,5-9,16-17,19H,4,10-14H2,1-2H3. The van der Waals surface area contributed by atoms with Crippen LogP contribution in [0.25, 0.3) is 6.08 Å². The fourth-order valence-corrected chi connectivity index (χ4v) is 2.60. The molecule has 1 heterocycles. The van der Waals surface area contributed by atoms with Crippen LogP contribution in [0.5, 0.6) is 5.75 Å². The number of nitrogens with one attached hydrogen (secondary N) is 1. The fourth-order valence-electron chi connectivity index (χ4n) is 2.60. The molecule has 2 unspecified atom stereocenters. The van der Waals surface area contributed by atoms with Crippen molar-refractivity contribution in [1.29, 1.82) is 0 Å². The van der Waals surface area contributed by atoms with Gasteiger partial charge in [0.25, 0.3) is 0 Å². The van der Waals surface area contributed by atoms with Gasteiger partial charge >= 0.3 is 0 Å². The Bertz CT molecular complexity index is 445. The second kappa shape index (κ2) is 8.85. The Morgan fingerprint density at radius 1 is 1.29 bits per heavy atom. The maximum Gasteiger partial charge on any atom is 0.126 e. The lowest BCUT2D eigenvalue weighted by atomic mass is 10.2. The number of hydrogen-bond acceptors (Lipinski definition) is 3. The van der Waals surface area contributed by atoms with E-state index in [0.717, 1.165) is 37.2 Å². The van der Waals surface area contributed by atoms with Gasteiger partial charge in [-0.05, 0) is 38.8 Å². The average Bonchev–Trinajstić information content (AvgIpc) is 2.95. The van der Waals surface area contributed by atoms with Gasteiger partial charge < -0.3 is 14.8 Å². The Kier molecular flexibility index (Phi) is 6.77. The van der Waals surface area contributed by atoms with Gasteiger partial charge in [0, 0.05) is 12.1 Å². The first kappa shape index (κ1) is 16.1. The third kappa shape index (κ3) is 5.18. The second-order valence-corrected chi connectivity index (χ2v) is 5.51. The molecule has 0 spiro atoms. The van der Waals surface area contributed by atoms with Crippen LogP contribution in [0, 0.1) is 0 Å². The highest BCUT2D eigenvalue weighted by atomic mass is 16.5. The summed E-state index contributed by atoms with van der Waals surface area (Å²) >= 11 is 0. The monoisotopic (exact) mass is 289 g/mol. The van der Waals surface area contributed by atoms with E-state index < -0.39 is 0 Å². The molecule has 1 N–H and O–H groups in total. The van der Waals surface area contributed by atoms with Gasteiger partial charge in [-0.2, -0.15) is 0 Å². The Morgan fingerprint density at radius 2 is 2.10 bits per heavy atom.